The first-order valence-electron chi connectivity index (χ1n) is 5.78. The highest BCUT2D eigenvalue weighted by Gasteiger charge is 2.25. The van der Waals surface area contributed by atoms with Gasteiger partial charge in [-0.05, 0) is 25.0 Å². The van der Waals surface area contributed by atoms with E-state index in [-0.39, 0.29) is 23.8 Å². The molecule has 0 amide bonds. The lowest BCUT2D eigenvalue weighted by molar-refractivity contribution is 0.266. The Morgan fingerprint density at radius 2 is 2.06 bits per heavy atom. The Labute approximate surface area is 119 Å². The van der Waals surface area contributed by atoms with E-state index in [1.165, 1.54) is 6.07 Å². The maximum atomic E-state index is 13.6. The van der Waals surface area contributed by atoms with Gasteiger partial charge in [0.15, 0.2) is 0 Å². The molecule has 0 radical (unpaired) electrons. The fraction of sp³-hybridized carbons (Fsp3) is 0.538. The molecule has 0 bridgehead atoms. The summed E-state index contributed by atoms with van der Waals surface area (Å²) in [7, 11) is 0. The standard InChI is InChI=1S/C13H20ClFN2.ClH/c1-9(2)13(3,8-16)17-7-10-4-5-11(14)6-12(10)15;/h4-6,9,17H,7-8,16H2,1-3H3;1H. The first kappa shape index (κ1) is 17.6. The van der Waals surface area contributed by atoms with Gasteiger partial charge in [0, 0.05) is 29.2 Å². The van der Waals surface area contributed by atoms with Gasteiger partial charge in [0.2, 0.25) is 0 Å². The predicted molar refractivity (Wildman–Crippen MR) is 77.8 cm³/mol. The summed E-state index contributed by atoms with van der Waals surface area (Å²) < 4.78 is 13.6. The summed E-state index contributed by atoms with van der Waals surface area (Å²) in [4.78, 5) is 0. The van der Waals surface area contributed by atoms with Crippen molar-refractivity contribution in [2.45, 2.75) is 32.9 Å². The van der Waals surface area contributed by atoms with Gasteiger partial charge in [-0.1, -0.05) is 31.5 Å². The van der Waals surface area contributed by atoms with Crippen molar-refractivity contribution < 1.29 is 4.39 Å². The molecule has 0 spiro atoms. The van der Waals surface area contributed by atoms with E-state index >= 15 is 0 Å². The molecule has 0 saturated carbocycles. The number of hydrogen-bond acceptors (Lipinski definition) is 2. The molecule has 0 aromatic heterocycles. The Balaban J connectivity index is 0.00000289. The van der Waals surface area contributed by atoms with Gasteiger partial charge in [0.05, 0.1) is 0 Å². The first-order chi connectivity index (χ1) is 7.89. The molecule has 1 aromatic carbocycles. The predicted octanol–water partition coefficient (Wildman–Crippen LogP) is 3.36. The molecule has 2 nitrogen and oxygen atoms in total. The number of halogens is 3. The number of rotatable bonds is 5. The summed E-state index contributed by atoms with van der Waals surface area (Å²) >= 11 is 5.70. The van der Waals surface area contributed by atoms with Gasteiger partial charge >= 0.3 is 0 Å². The van der Waals surface area contributed by atoms with E-state index in [2.05, 4.69) is 19.2 Å². The molecule has 0 aliphatic heterocycles. The lowest BCUT2D eigenvalue weighted by atomic mass is 9.88. The minimum Gasteiger partial charge on any atom is -0.329 e. The number of nitrogens with two attached hydrogens (primary N) is 1. The Hall–Kier alpha value is -0.350. The Morgan fingerprint density at radius 1 is 1.44 bits per heavy atom. The molecule has 5 heteroatoms. The number of hydrogen-bond donors (Lipinski definition) is 2. The topological polar surface area (TPSA) is 38.0 Å². The van der Waals surface area contributed by atoms with Gasteiger partial charge in [-0.15, -0.1) is 12.4 Å². The van der Waals surface area contributed by atoms with Crippen LogP contribution in [0.4, 0.5) is 4.39 Å². The molecule has 3 N–H and O–H groups in total. The average molecular weight is 295 g/mol. The van der Waals surface area contributed by atoms with Crippen LogP contribution in [-0.4, -0.2) is 12.1 Å². The molecule has 0 aliphatic rings. The molecule has 1 unspecified atom stereocenters. The monoisotopic (exact) mass is 294 g/mol. The van der Waals surface area contributed by atoms with E-state index in [1.807, 2.05) is 6.92 Å². The van der Waals surface area contributed by atoms with Crippen LogP contribution in [0.15, 0.2) is 18.2 Å². The van der Waals surface area contributed by atoms with Gasteiger partial charge in [-0.2, -0.15) is 0 Å². The van der Waals surface area contributed by atoms with Crippen molar-refractivity contribution in [3.8, 4) is 0 Å². The van der Waals surface area contributed by atoms with Crippen LogP contribution in [0.2, 0.25) is 5.02 Å². The maximum Gasteiger partial charge on any atom is 0.129 e. The Morgan fingerprint density at radius 3 is 2.50 bits per heavy atom. The molecule has 1 aromatic rings. The number of nitrogens with one attached hydrogen (secondary N) is 1. The fourth-order valence-corrected chi connectivity index (χ4v) is 1.63. The highest BCUT2D eigenvalue weighted by Crippen LogP contribution is 2.18. The highest BCUT2D eigenvalue weighted by atomic mass is 35.5. The van der Waals surface area contributed by atoms with Gasteiger partial charge < -0.3 is 11.1 Å². The van der Waals surface area contributed by atoms with Gasteiger partial charge in [0.25, 0.3) is 0 Å². The SMILES string of the molecule is CC(C)C(C)(CN)NCc1ccc(Cl)cc1F.Cl. The fourth-order valence-electron chi connectivity index (χ4n) is 1.47. The largest absolute Gasteiger partial charge is 0.329 e. The van der Waals surface area contributed by atoms with Gasteiger partial charge in [-0.25, -0.2) is 4.39 Å². The third-order valence-electron chi connectivity index (χ3n) is 3.40. The smallest absolute Gasteiger partial charge is 0.129 e. The molecule has 104 valence electrons. The first-order valence-corrected chi connectivity index (χ1v) is 6.16. The van der Waals surface area contributed by atoms with Crippen LogP contribution in [-0.2, 0) is 6.54 Å². The van der Waals surface area contributed by atoms with E-state index in [1.54, 1.807) is 12.1 Å². The van der Waals surface area contributed by atoms with Crippen molar-refractivity contribution in [2.24, 2.45) is 11.7 Å². The van der Waals surface area contributed by atoms with E-state index in [9.17, 15) is 4.39 Å². The minimum atomic E-state index is -0.284. The molecule has 1 atom stereocenters. The maximum absolute atomic E-state index is 13.6. The van der Waals surface area contributed by atoms with Crippen LogP contribution in [0.25, 0.3) is 0 Å². The van der Waals surface area contributed by atoms with Crippen LogP contribution in [0.1, 0.15) is 26.3 Å². The van der Waals surface area contributed by atoms with Crippen molar-refractivity contribution in [3.05, 3.63) is 34.6 Å². The summed E-state index contributed by atoms with van der Waals surface area (Å²) in [5.41, 5.74) is 6.17. The molecule has 1 rings (SSSR count). The lowest BCUT2D eigenvalue weighted by Crippen LogP contribution is -2.52. The molecule has 0 fully saturated rings. The van der Waals surface area contributed by atoms with Gasteiger partial charge in [0.1, 0.15) is 5.82 Å². The molecular formula is C13H21Cl2FN2. The molecule has 0 saturated heterocycles. The van der Waals surface area contributed by atoms with Crippen LogP contribution in [0.5, 0.6) is 0 Å². The minimum absolute atomic E-state index is 0. The second-order valence-corrected chi connectivity index (χ2v) is 5.30. The molecule has 18 heavy (non-hydrogen) atoms. The summed E-state index contributed by atoms with van der Waals surface area (Å²) in [6.07, 6.45) is 0. The van der Waals surface area contributed by atoms with Crippen LogP contribution in [0.3, 0.4) is 0 Å². The zero-order valence-electron chi connectivity index (χ0n) is 11.0. The molecule has 0 aliphatic carbocycles. The Bertz CT molecular complexity index is 385. The van der Waals surface area contributed by atoms with Crippen molar-refractivity contribution in [1.29, 1.82) is 0 Å². The van der Waals surface area contributed by atoms with Crippen LogP contribution < -0.4 is 11.1 Å². The second-order valence-electron chi connectivity index (χ2n) is 4.87. The van der Waals surface area contributed by atoms with Crippen molar-refractivity contribution >= 4 is 24.0 Å². The molecule has 0 heterocycles. The van der Waals surface area contributed by atoms with E-state index in [0.717, 1.165) is 0 Å². The number of benzene rings is 1. The summed E-state index contributed by atoms with van der Waals surface area (Å²) in [5.74, 6) is 0.0935. The van der Waals surface area contributed by atoms with E-state index in [0.29, 0.717) is 29.6 Å². The van der Waals surface area contributed by atoms with Crippen LogP contribution in [0, 0.1) is 11.7 Å². The lowest BCUT2D eigenvalue weighted by Gasteiger charge is -2.34. The third kappa shape index (κ3) is 4.39. The summed E-state index contributed by atoms with van der Waals surface area (Å²) in [5, 5.41) is 3.73. The summed E-state index contributed by atoms with van der Waals surface area (Å²) in [6, 6.07) is 4.71. The molecular weight excluding hydrogens is 274 g/mol. The normalized spacial score (nSPS) is 14.2. The van der Waals surface area contributed by atoms with Crippen molar-refractivity contribution in [1.82, 2.24) is 5.32 Å². The third-order valence-corrected chi connectivity index (χ3v) is 3.63. The zero-order valence-corrected chi connectivity index (χ0v) is 12.5. The zero-order chi connectivity index (χ0) is 13.1. The Kier molecular flexibility index (Phi) is 7.15. The average Bonchev–Trinajstić information content (AvgIpc) is 2.27. The van der Waals surface area contributed by atoms with Crippen molar-refractivity contribution in [2.75, 3.05) is 6.54 Å². The van der Waals surface area contributed by atoms with Crippen molar-refractivity contribution in [3.63, 3.8) is 0 Å². The van der Waals surface area contributed by atoms with E-state index in [4.69, 9.17) is 17.3 Å². The van der Waals surface area contributed by atoms with E-state index < -0.39 is 0 Å². The second kappa shape index (κ2) is 7.29. The highest BCUT2D eigenvalue weighted by molar-refractivity contribution is 6.30. The van der Waals surface area contributed by atoms with Gasteiger partial charge in [-0.3, -0.25) is 0 Å². The summed E-state index contributed by atoms with van der Waals surface area (Å²) in [6.45, 7) is 7.20. The quantitative estimate of drug-likeness (QED) is 0.874. The van der Waals surface area contributed by atoms with Crippen LogP contribution >= 0.6 is 24.0 Å².